The molecular weight excluding hydrogens is 431 g/mol. The molecule has 6 heteroatoms. The number of carboxylic acid groups (broad SMARTS) is 1. The Bertz CT molecular complexity index is 1050. The minimum atomic E-state index is -0.757. The molecule has 1 amide bonds. The van der Waals surface area contributed by atoms with Crippen LogP contribution in [0.5, 0.6) is 0 Å². The molecule has 2 aliphatic rings. The number of rotatable bonds is 10. The summed E-state index contributed by atoms with van der Waals surface area (Å²) in [6.45, 7) is 0. The van der Waals surface area contributed by atoms with Gasteiger partial charge in [0.25, 0.3) is 5.91 Å². The molecule has 0 saturated heterocycles. The van der Waals surface area contributed by atoms with Crippen LogP contribution in [0.2, 0.25) is 0 Å². The molecule has 4 atom stereocenters. The van der Waals surface area contributed by atoms with Crippen molar-refractivity contribution >= 4 is 17.6 Å². The molecule has 0 heterocycles. The van der Waals surface area contributed by atoms with E-state index in [1.165, 1.54) is 43.5 Å². The third kappa shape index (κ3) is 5.79. The lowest BCUT2D eigenvalue weighted by Crippen LogP contribution is -2.32. The second kappa shape index (κ2) is 11.2. The molecule has 2 fully saturated rings. The molecule has 2 aliphatic carbocycles. The van der Waals surface area contributed by atoms with Crippen LogP contribution in [0.15, 0.2) is 71.9 Å². The van der Waals surface area contributed by atoms with E-state index in [9.17, 15) is 14.0 Å². The fourth-order valence-corrected chi connectivity index (χ4v) is 5.64. The third-order valence-electron chi connectivity index (χ3n) is 7.19. The molecule has 0 aliphatic heterocycles. The number of nitrogens with one attached hydrogen (secondary N) is 1. The maximum Gasteiger partial charge on any atom is 0.303 e. The number of aliphatic carboxylic acids is 1. The summed E-state index contributed by atoms with van der Waals surface area (Å²) in [5.74, 6) is 0.372. The largest absolute Gasteiger partial charge is 0.481 e. The first-order valence-corrected chi connectivity index (χ1v) is 12.1. The molecule has 4 unspecified atom stereocenters. The van der Waals surface area contributed by atoms with Gasteiger partial charge in [0.05, 0.1) is 5.71 Å². The van der Waals surface area contributed by atoms with Crippen LogP contribution in [-0.4, -0.2) is 22.7 Å². The van der Waals surface area contributed by atoms with Crippen molar-refractivity contribution in [3.05, 3.63) is 83.7 Å². The summed E-state index contributed by atoms with van der Waals surface area (Å²) >= 11 is 0. The summed E-state index contributed by atoms with van der Waals surface area (Å²) in [5.41, 5.74) is 5.01. The Labute approximate surface area is 199 Å². The zero-order chi connectivity index (χ0) is 23.9. The lowest BCUT2D eigenvalue weighted by Gasteiger charge is -2.31. The van der Waals surface area contributed by atoms with Crippen molar-refractivity contribution in [3.8, 4) is 0 Å². The van der Waals surface area contributed by atoms with E-state index in [-0.39, 0.29) is 24.1 Å². The van der Waals surface area contributed by atoms with E-state index >= 15 is 0 Å². The van der Waals surface area contributed by atoms with Crippen molar-refractivity contribution in [2.75, 3.05) is 0 Å². The van der Waals surface area contributed by atoms with Crippen LogP contribution >= 0.6 is 0 Å². The fraction of sp³-hybridized carbons (Fsp3) is 0.393. The Morgan fingerprint density at radius 1 is 1.00 bits per heavy atom. The quantitative estimate of drug-likeness (QED) is 0.202. The number of hydrazone groups is 1. The highest BCUT2D eigenvalue weighted by Gasteiger charge is 2.49. The Morgan fingerprint density at radius 2 is 1.74 bits per heavy atom. The van der Waals surface area contributed by atoms with Crippen LogP contribution in [0.3, 0.4) is 0 Å². The van der Waals surface area contributed by atoms with Gasteiger partial charge in [0.15, 0.2) is 0 Å². The molecule has 0 radical (unpaired) electrons. The van der Waals surface area contributed by atoms with Crippen LogP contribution in [0.4, 0.5) is 4.39 Å². The fourth-order valence-electron chi connectivity index (χ4n) is 5.64. The molecular formula is C28H31FN2O3. The molecule has 2 bridgehead atoms. The van der Waals surface area contributed by atoms with Gasteiger partial charge in [0.1, 0.15) is 5.82 Å². The van der Waals surface area contributed by atoms with Gasteiger partial charge in [-0.25, -0.2) is 9.82 Å². The number of fused-ring (bicyclic) bond motifs is 2. The lowest BCUT2D eigenvalue weighted by atomic mass is 9.73. The van der Waals surface area contributed by atoms with Crippen LogP contribution in [0.25, 0.3) is 0 Å². The molecule has 2 aromatic rings. The van der Waals surface area contributed by atoms with Crippen molar-refractivity contribution < 1.29 is 19.1 Å². The van der Waals surface area contributed by atoms with Crippen LogP contribution in [0, 0.1) is 29.5 Å². The predicted molar refractivity (Wildman–Crippen MR) is 130 cm³/mol. The van der Waals surface area contributed by atoms with E-state index < -0.39 is 5.97 Å². The smallest absolute Gasteiger partial charge is 0.303 e. The summed E-state index contributed by atoms with van der Waals surface area (Å²) in [6.07, 6.45) is 10.4. The number of benzene rings is 2. The number of allylic oxidation sites excluding steroid dienone is 2. The van der Waals surface area contributed by atoms with Crippen molar-refractivity contribution in [1.82, 2.24) is 5.43 Å². The Kier molecular flexibility index (Phi) is 7.88. The first kappa shape index (κ1) is 23.9. The summed E-state index contributed by atoms with van der Waals surface area (Å²) in [5, 5.41) is 13.5. The third-order valence-corrected chi connectivity index (χ3v) is 7.19. The van der Waals surface area contributed by atoms with Crippen molar-refractivity contribution in [2.24, 2.45) is 28.8 Å². The number of nitrogens with zero attached hydrogens (tertiary/aromatic N) is 1. The predicted octanol–water partition coefficient (Wildman–Crippen LogP) is 5.82. The summed E-state index contributed by atoms with van der Waals surface area (Å²) in [4.78, 5) is 23.4. The molecule has 2 N–H and O–H groups in total. The van der Waals surface area contributed by atoms with Crippen molar-refractivity contribution in [1.29, 1.82) is 0 Å². The number of hydrogen-bond donors (Lipinski definition) is 2. The molecule has 2 aromatic carbocycles. The number of carbonyl (C=O) groups excluding carboxylic acids is 1. The maximum atomic E-state index is 13.2. The minimum absolute atomic E-state index is 0.194. The van der Waals surface area contributed by atoms with Crippen molar-refractivity contribution in [2.45, 2.75) is 44.9 Å². The molecule has 34 heavy (non-hydrogen) atoms. The summed E-state index contributed by atoms with van der Waals surface area (Å²) in [6, 6.07) is 15.5. The van der Waals surface area contributed by atoms with Crippen LogP contribution < -0.4 is 5.43 Å². The molecule has 178 valence electrons. The highest BCUT2D eigenvalue weighted by Crippen LogP contribution is 2.54. The van der Waals surface area contributed by atoms with E-state index in [0.717, 1.165) is 24.1 Å². The number of carbonyl (C=O) groups is 2. The maximum absolute atomic E-state index is 13.2. The van der Waals surface area contributed by atoms with Gasteiger partial charge >= 0.3 is 5.97 Å². The monoisotopic (exact) mass is 462 g/mol. The topological polar surface area (TPSA) is 78.8 Å². The Hall–Kier alpha value is -3.28. The van der Waals surface area contributed by atoms with Gasteiger partial charge in [0.2, 0.25) is 0 Å². The number of carboxylic acids is 1. The van der Waals surface area contributed by atoms with Gasteiger partial charge in [0, 0.05) is 17.9 Å². The van der Waals surface area contributed by atoms with Crippen LogP contribution in [-0.2, 0) is 4.79 Å². The Balaban J connectivity index is 1.53. The number of amides is 1. The average molecular weight is 463 g/mol. The molecule has 4 rings (SSSR count). The van der Waals surface area contributed by atoms with Gasteiger partial charge in [-0.3, -0.25) is 9.59 Å². The van der Waals surface area contributed by atoms with Gasteiger partial charge < -0.3 is 5.11 Å². The van der Waals surface area contributed by atoms with E-state index in [1.807, 2.05) is 30.3 Å². The Morgan fingerprint density at radius 3 is 2.47 bits per heavy atom. The molecule has 0 spiro atoms. The number of halogens is 1. The highest BCUT2D eigenvalue weighted by atomic mass is 19.1. The molecule has 5 nitrogen and oxygen atoms in total. The van der Waals surface area contributed by atoms with Crippen molar-refractivity contribution in [3.63, 3.8) is 0 Å². The number of hydrogen-bond acceptors (Lipinski definition) is 3. The normalized spacial score (nSPS) is 24.0. The summed E-state index contributed by atoms with van der Waals surface area (Å²) < 4.78 is 13.2. The highest BCUT2D eigenvalue weighted by molar-refractivity contribution is 6.04. The summed E-state index contributed by atoms with van der Waals surface area (Å²) in [7, 11) is 0. The number of unbranched alkanes of at least 4 members (excludes halogenated alkanes) is 1. The molecule has 0 aromatic heterocycles. The van der Waals surface area contributed by atoms with E-state index in [0.29, 0.717) is 29.7 Å². The minimum Gasteiger partial charge on any atom is -0.481 e. The first-order chi connectivity index (χ1) is 16.5. The van der Waals surface area contributed by atoms with Gasteiger partial charge in [-0.15, -0.1) is 0 Å². The van der Waals surface area contributed by atoms with E-state index in [4.69, 9.17) is 5.11 Å². The van der Waals surface area contributed by atoms with Gasteiger partial charge in [-0.05, 0) is 86.1 Å². The molecule has 2 saturated carbocycles. The zero-order valence-electron chi connectivity index (χ0n) is 19.2. The zero-order valence-corrected chi connectivity index (χ0v) is 19.2. The lowest BCUT2D eigenvalue weighted by molar-refractivity contribution is -0.137. The van der Waals surface area contributed by atoms with Crippen LogP contribution in [0.1, 0.15) is 60.9 Å². The second-order valence-corrected chi connectivity index (χ2v) is 9.33. The van der Waals surface area contributed by atoms with Gasteiger partial charge in [-0.1, -0.05) is 42.5 Å². The van der Waals surface area contributed by atoms with Gasteiger partial charge in [-0.2, -0.15) is 5.10 Å². The first-order valence-electron chi connectivity index (χ1n) is 12.1. The second-order valence-electron chi connectivity index (χ2n) is 9.33. The van der Waals surface area contributed by atoms with E-state index in [2.05, 4.69) is 22.7 Å². The van der Waals surface area contributed by atoms with E-state index in [1.54, 1.807) is 0 Å². The average Bonchev–Trinajstić information content (AvgIpc) is 3.45. The standard InChI is InChI=1S/C28H31FN2O3/c29-23-16-14-20(15-17-23)28(34)31-30-27(19-8-4-3-5-9-19)26-22-13-12-21(18-22)24(26)10-6-1-2-7-11-25(32)33/h1,3-6,8-9,14-17,21-22,24,26H,2,7,10-13,18H2,(H,31,34)(H,32,33)/b6-1-,30-27?. The SMILES string of the molecule is O=C(O)CCC/C=C\CC1C2CCC(C2)C1C(=NNC(=O)c1ccc(F)cc1)c1ccccc1.